The molecule has 0 aromatic heterocycles. The molecule has 0 bridgehead atoms. The summed E-state index contributed by atoms with van der Waals surface area (Å²) in [5.41, 5.74) is 0.176. The van der Waals surface area contributed by atoms with Crippen LogP contribution in [0.3, 0.4) is 0 Å². The molecule has 1 aliphatic rings. The van der Waals surface area contributed by atoms with E-state index in [1.165, 1.54) is 0 Å². The Morgan fingerprint density at radius 3 is 2.21 bits per heavy atom. The Labute approximate surface area is 86.1 Å². The zero-order valence-corrected chi connectivity index (χ0v) is 9.63. The van der Waals surface area contributed by atoms with Crippen LogP contribution in [0.1, 0.15) is 39.5 Å². The Morgan fingerprint density at radius 1 is 1.36 bits per heavy atom. The Balaban J connectivity index is 2.80. The van der Waals surface area contributed by atoms with Crippen molar-refractivity contribution in [3.63, 3.8) is 0 Å². The Hall–Kier alpha value is -0.570. The van der Waals surface area contributed by atoms with E-state index in [4.69, 9.17) is 5.11 Å². The van der Waals surface area contributed by atoms with Gasteiger partial charge in [0.25, 0.3) is 0 Å². The summed E-state index contributed by atoms with van der Waals surface area (Å²) in [6.45, 7) is 4.44. The van der Waals surface area contributed by atoms with Gasteiger partial charge in [-0.15, -0.1) is 0 Å². The molecule has 1 rings (SSSR count). The van der Waals surface area contributed by atoms with Crippen molar-refractivity contribution in [3.05, 3.63) is 0 Å². The second-order valence-corrected chi connectivity index (χ2v) is 5.53. The van der Waals surface area contributed by atoms with Gasteiger partial charge in [0.05, 0.1) is 6.42 Å². The minimum atomic E-state index is -0.684. The van der Waals surface area contributed by atoms with E-state index in [-0.39, 0.29) is 12.0 Å². The van der Waals surface area contributed by atoms with Gasteiger partial charge in [0.1, 0.15) is 0 Å². The van der Waals surface area contributed by atoms with E-state index in [1.807, 2.05) is 14.1 Å². The molecule has 0 spiro atoms. The highest BCUT2D eigenvalue weighted by Gasteiger charge is 2.45. The van der Waals surface area contributed by atoms with Crippen molar-refractivity contribution in [1.82, 2.24) is 4.90 Å². The van der Waals surface area contributed by atoms with Gasteiger partial charge in [-0.2, -0.15) is 0 Å². The largest absolute Gasteiger partial charge is 0.481 e. The Kier molecular flexibility index (Phi) is 2.91. The molecule has 1 unspecified atom stereocenters. The lowest BCUT2D eigenvalue weighted by molar-refractivity contribution is -0.140. The second kappa shape index (κ2) is 3.54. The van der Waals surface area contributed by atoms with Crippen LogP contribution in [0.5, 0.6) is 0 Å². The highest BCUT2D eigenvalue weighted by Crippen LogP contribution is 2.47. The van der Waals surface area contributed by atoms with E-state index in [1.54, 1.807) is 0 Å². The fourth-order valence-corrected chi connectivity index (χ4v) is 2.61. The van der Waals surface area contributed by atoms with E-state index in [0.29, 0.717) is 5.41 Å². The summed E-state index contributed by atoms with van der Waals surface area (Å²) in [5, 5.41) is 8.93. The summed E-state index contributed by atoms with van der Waals surface area (Å²) in [6.07, 6.45) is 3.38. The molecular weight excluding hydrogens is 178 g/mol. The average Bonchev–Trinajstić information content (AvgIpc) is 2.26. The summed E-state index contributed by atoms with van der Waals surface area (Å²) < 4.78 is 0. The number of rotatable bonds is 3. The normalized spacial score (nSPS) is 30.9. The van der Waals surface area contributed by atoms with Crippen LogP contribution < -0.4 is 0 Å². The third kappa shape index (κ3) is 2.27. The van der Waals surface area contributed by atoms with Crippen LogP contribution in [0.2, 0.25) is 0 Å². The molecule has 1 saturated carbocycles. The first-order valence-corrected chi connectivity index (χ1v) is 5.17. The smallest absolute Gasteiger partial charge is 0.305 e. The molecule has 0 aliphatic heterocycles. The average molecular weight is 199 g/mol. The van der Waals surface area contributed by atoms with Gasteiger partial charge < -0.3 is 10.0 Å². The first kappa shape index (κ1) is 11.5. The standard InChI is InChI=1S/C11H21NO2/c1-10(2)5-6-11(8-10,12(3)4)7-9(13)14/h5-8H2,1-4H3,(H,13,14). The van der Waals surface area contributed by atoms with Gasteiger partial charge in [0, 0.05) is 5.54 Å². The van der Waals surface area contributed by atoms with Crippen molar-refractivity contribution in [1.29, 1.82) is 0 Å². The lowest BCUT2D eigenvalue weighted by atomic mass is 9.85. The third-order valence-corrected chi connectivity index (χ3v) is 3.50. The zero-order chi connectivity index (χ0) is 11.0. The van der Waals surface area contributed by atoms with Crippen LogP contribution in [0, 0.1) is 5.41 Å². The summed E-state index contributed by atoms with van der Waals surface area (Å²) in [4.78, 5) is 12.9. The summed E-state index contributed by atoms with van der Waals surface area (Å²) in [7, 11) is 3.98. The molecule has 82 valence electrons. The predicted octanol–water partition coefficient (Wildman–Crippen LogP) is 1.97. The number of carbonyl (C=O) groups is 1. The van der Waals surface area contributed by atoms with Gasteiger partial charge in [-0.05, 0) is 38.8 Å². The third-order valence-electron chi connectivity index (χ3n) is 3.50. The zero-order valence-electron chi connectivity index (χ0n) is 9.63. The Morgan fingerprint density at radius 2 is 1.93 bits per heavy atom. The van der Waals surface area contributed by atoms with Gasteiger partial charge in [-0.3, -0.25) is 4.79 Å². The highest BCUT2D eigenvalue weighted by molar-refractivity contribution is 5.68. The minimum absolute atomic E-state index is 0.116. The number of carboxylic acid groups (broad SMARTS) is 1. The van der Waals surface area contributed by atoms with Crippen LogP contribution in [0.15, 0.2) is 0 Å². The molecule has 0 aromatic carbocycles. The molecule has 3 heteroatoms. The molecule has 1 atom stereocenters. The SMILES string of the molecule is CN(C)C1(CC(=O)O)CCC(C)(C)C1. The molecule has 3 nitrogen and oxygen atoms in total. The van der Waals surface area contributed by atoms with Gasteiger partial charge in [-0.1, -0.05) is 13.8 Å². The number of aliphatic carboxylic acids is 1. The lowest BCUT2D eigenvalue weighted by Crippen LogP contribution is -2.44. The van der Waals surface area contributed by atoms with Crippen molar-refractivity contribution >= 4 is 5.97 Å². The Bertz CT molecular complexity index is 235. The first-order valence-electron chi connectivity index (χ1n) is 5.17. The van der Waals surface area contributed by atoms with Crippen molar-refractivity contribution in [3.8, 4) is 0 Å². The number of carboxylic acids is 1. The van der Waals surface area contributed by atoms with Crippen molar-refractivity contribution in [2.75, 3.05) is 14.1 Å². The van der Waals surface area contributed by atoms with E-state index >= 15 is 0 Å². The number of nitrogens with zero attached hydrogens (tertiary/aromatic N) is 1. The molecule has 0 aromatic rings. The topological polar surface area (TPSA) is 40.5 Å². The van der Waals surface area contributed by atoms with Gasteiger partial charge in [0.15, 0.2) is 0 Å². The van der Waals surface area contributed by atoms with Crippen molar-refractivity contribution < 1.29 is 9.90 Å². The van der Waals surface area contributed by atoms with Crippen LogP contribution in [-0.4, -0.2) is 35.6 Å². The molecule has 1 fully saturated rings. The summed E-state index contributed by atoms with van der Waals surface area (Å²) in [6, 6.07) is 0. The fraction of sp³-hybridized carbons (Fsp3) is 0.909. The molecule has 0 amide bonds. The predicted molar refractivity (Wildman–Crippen MR) is 56.3 cm³/mol. The maximum absolute atomic E-state index is 10.8. The monoisotopic (exact) mass is 199 g/mol. The quantitative estimate of drug-likeness (QED) is 0.755. The summed E-state index contributed by atoms with van der Waals surface area (Å²) >= 11 is 0. The number of hydrogen-bond acceptors (Lipinski definition) is 2. The fourth-order valence-electron chi connectivity index (χ4n) is 2.61. The van der Waals surface area contributed by atoms with E-state index in [2.05, 4.69) is 18.7 Å². The van der Waals surface area contributed by atoms with E-state index in [9.17, 15) is 4.79 Å². The maximum atomic E-state index is 10.8. The molecule has 1 aliphatic carbocycles. The van der Waals surface area contributed by atoms with Crippen molar-refractivity contribution in [2.45, 2.75) is 45.1 Å². The van der Waals surface area contributed by atoms with Crippen LogP contribution in [-0.2, 0) is 4.79 Å². The highest BCUT2D eigenvalue weighted by atomic mass is 16.4. The molecular formula is C11H21NO2. The maximum Gasteiger partial charge on any atom is 0.305 e. The molecule has 0 heterocycles. The van der Waals surface area contributed by atoms with Gasteiger partial charge in [-0.25, -0.2) is 0 Å². The van der Waals surface area contributed by atoms with Crippen LogP contribution in [0.25, 0.3) is 0 Å². The molecule has 1 N–H and O–H groups in total. The minimum Gasteiger partial charge on any atom is -0.481 e. The molecule has 0 radical (unpaired) electrons. The van der Waals surface area contributed by atoms with Gasteiger partial charge >= 0.3 is 5.97 Å². The van der Waals surface area contributed by atoms with Gasteiger partial charge in [0.2, 0.25) is 0 Å². The number of hydrogen-bond donors (Lipinski definition) is 1. The lowest BCUT2D eigenvalue weighted by Gasteiger charge is -2.36. The van der Waals surface area contributed by atoms with Crippen molar-refractivity contribution in [2.24, 2.45) is 5.41 Å². The van der Waals surface area contributed by atoms with E-state index < -0.39 is 5.97 Å². The molecule has 14 heavy (non-hydrogen) atoms. The molecule has 0 saturated heterocycles. The summed E-state index contributed by atoms with van der Waals surface area (Å²) in [5.74, 6) is -0.684. The van der Waals surface area contributed by atoms with E-state index in [0.717, 1.165) is 19.3 Å². The second-order valence-electron chi connectivity index (χ2n) is 5.53. The van der Waals surface area contributed by atoms with Crippen LogP contribution in [0.4, 0.5) is 0 Å². The van der Waals surface area contributed by atoms with Crippen LogP contribution >= 0.6 is 0 Å². The first-order chi connectivity index (χ1) is 6.27.